The Balaban J connectivity index is 2.14. The van der Waals surface area contributed by atoms with Gasteiger partial charge in [0.15, 0.2) is 0 Å². The highest BCUT2D eigenvalue weighted by molar-refractivity contribution is 7.16. The lowest BCUT2D eigenvalue weighted by Gasteiger charge is -1.97. The van der Waals surface area contributed by atoms with Crippen LogP contribution in [-0.2, 0) is 0 Å². The van der Waals surface area contributed by atoms with Gasteiger partial charge in [-0.1, -0.05) is 0 Å². The number of nitriles is 1. The van der Waals surface area contributed by atoms with Gasteiger partial charge in [-0.2, -0.15) is 5.26 Å². The van der Waals surface area contributed by atoms with E-state index in [1.54, 1.807) is 6.20 Å². The average molecular weight is 269 g/mol. The molecule has 5 nitrogen and oxygen atoms in total. The Bertz CT molecular complexity index is 826. The number of benzene rings is 1. The summed E-state index contributed by atoms with van der Waals surface area (Å²) in [4.78, 5) is 18.1. The lowest BCUT2D eigenvalue weighted by molar-refractivity contribution is 0.0702. The summed E-state index contributed by atoms with van der Waals surface area (Å²) in [5, 5.41) is 19.3. The molecule has 0 atom stereocenters. The van der Waals surface area contributed by atoms with E-state index in [0.29, 0.717) is 10.6 Å². The zero-order valence-corrected chi connectivity index (χ0v) is 10.4. The summed E-state index contributed by atoms with van der Waals surface area (Å²) >= 11 is 1.11. The maximum atomic E-state index is 10.8. The van der Waals surface area contributed by atoms with Crippen molar-refractivity contribution >= 4 is 28.2 Å². The minimum absolute atomic E-state index is 0.199. The van der Waals surface area contributed by atoms with Gasteiger partial charge in [-0.05, 0) is 18.2 Å². The van der Waals surface area contributed by atoms with Gasteiger partial charge in [0.05, 0.1) is 11.8 Å². The predicted octanol–water partition coefficient (Wildman–Crippen LogP) is 2.86. The largest absolute Gasteiger partial charge is 0.477 e. The van der Waals surface area contributed by atoms with E-state index in [4.69, 9.17) is 10.4 Å². The monoisotopic (exact) mass is 269 g/mol. The number of hydrogen-bond donors (Lipinski definition) is 2. The maximum Gasteiger partial charge on any atom is 0.347 e. The third kappa shape index (κ3) is 1.86. The lowest BCUT2D eigenvalue weighted by Crippen LogP contribution is -1.89. The third-order valence-electron chi connectivity index (χ3n) is 2.77. The molecule has 0 aliphatic carbocycles. The van der Waals surface area contributed by atoms with Gasteiger partial charge in [0.25, 0.3) is 0 Å². The Kier molecular flexibility index (Phi) is 2.54. The van der Waals surface area contributed by atoms with Crippen molar-refractivity contribution in [3.8, 4) is 16.6 Å². The number of carboxylic acid groups (broad SMARTS) is 1. The molecule has 2 aromatic heterocycles. The van der Waals surface area contributed by atoms with Crippen LogP contribution in [0.15, 0.2) is 30.6 Å². The van der Waals surface area contributed by atoms with Crippen LogP contribution in [0.4, 0.5) is 0 Å². The molecule has 0 saturated heterocycles. The predicted molar refractivity (Wildman–Crippen MR) is 71.1 cm³/mol. The number of aromatic amines is 1. The maximum absolute atomic E-state index is 10.8. The van der Waals surface area contributed by atoms with Crippen LogP contribution >= 0.6 is 11.3 Å². The van der Waals surface area contributed by atoms with Crippen LogP contribution in [-0.4, -0.2) is 21.0 Å². The van der Waals surface area contributed by atoms with E-state index in [0.717, 1.165) is 27.8 Å². The molecule has 92 valence electrons. The van der Waals surface area contributed by atoms with E-state index in [1.807, 2.05) is 18.2 Å². The molecule has 1 aromatic carbocycles. The second-order valence-electron chi connectivity index (χ2n) is 3.91. The molecule has 2 heterocycles. The van der Waals surface area contributed by atoms with Gasteiger partial charge in [0, 0.05) is 22.7 Å². The highest BCUT2D eigenvalue weighted by Gasteiger charge is 2.11. The van der Waals surface area contributed by atoms with Crippen molar-refractivity contribution in [1.82, 2.24) is 9.97 Å². The Labute approximate surface area is 111 Å². The number of nitrogens with one attached hydrogen (secondary N) is 1. The fourth-order valence-corrected chi connectivity index (χ4v) is 2.60. The number of H-pyrrole nitrogens is 1. The zero-order chi connectivity index (χ0) is 13.4. The molecule has 0 amide bonds. The minimum Gasteiger partial charge on any atom is -0.477 e. The fourth-order valence-electron chi connectivity index (χ4n) is 1.85. The van der Waals surface area contributed by atoms with Crippen LogP contribution in [0.25, 0.3) is 21.5 Å². The summed E-state index contributed by atoms with van der Waals surface area (Å²) in [6.45, 7) is 0. The number of aromatic nitrogens is 2. The van der Waals surface area contributed by atoms with Crippen molar-refractivity contribution in [1.29, 1.82) is 5.26 Å². The number of rotatable bonds is 2. The number of carboxylic acids is 1. The highest BCUT2D eigenvalue weighted by atomic mass is 32.1. The van der Waals surface area contributed by atoms with Gasteiger partial charge in [-0.3, -0.25) is 0 Å². The normalized spacial score (nSPS) is 10.5. The first-order chi connectivity index (χ1) is 9.19. The first-order valence-corrected chi connectivity index (χ1v) is 6.21. The van der Waals surface area contributed by atoms with Crippen LogP contribution < -0.4 is 0 Å². The molecule has 0 saturated carbocycles. The number of nitrogens with zero attached hydrogens (tertiary/aromatic N) is 2. The Morgan fingerprint density at radius 2 is 2.32 bits per heavy atom. The van der Waals surface area contributed by atoms with E-state index < -0.39 is 5.97 Å². The highest BCUT2D eigenvalue weighted by Crippen LogP contribution is 2.29. The topological polar surface area (TPSA) is 89.8 Å². The Morgan fingerprint density at radius 1 is 1.47 bits per heavy atom. The SMILES string of the molecule is N#Cc1c[nH]c2ccc(-c3ncc(C(=O)O)s3)cc12. The van der Waals surface area contributed by atoms with Crippen molar-refractivity contribution in [2.75, 3.05) is 0 Å². The van der Waals surface area contributed by atoms with Crippen LogP contribution in [0.1, 0.15) is 15.2 Å². The lowest BCUT2D eigenvalue weighted by atomic mass is 10.1. The number of hydrogen-bond acceptors (Lipinski definition) is 4. The molecule has 3 aromatic rings. The summed E-state index contributed by atoms with van der Waals surface area (Å²) < 4.78 is 0. The second-order valence-corrected chi connectivity index (χ2v) is 4.94. The molecule has 2 N–H and O–H groups in total. The molecular formula is C13H7N3O2S. The molecule has 3 rings (SSSR count). The van der Waals surface area contributed by atoms with E-state index in [2.05, 4.69) is 16.0 Å². The molecular weight excluding hydrogens is 262 g/mol. The summed E-state index contributed by atoms with van der Waals surface area (Å²) in [5.74, 6) is -0.982. The number of aromatic carboxylic acids is 1. The fraction of sp³-hybridized carbons (Fsp3) is 0. The smallest absolute Gasteiger partial charge is 0.347 e. The van der Waals surface area contributed by atoms with E-state index in [1.165, 1.54) is 6.20 Å². The van der Waals surface area contributed by atoms with Crippen LogP contribution in [0.5, 0.6) is 0 Å². The molecule has 19 heavy (non-hydrogen) atoms. The van der Waals surface area contributed by atoms with E-state index in [-0.39, 0.29) is 4.88 Å². The molecule has 0 aliphatic rings. The van der Waals surface area contributed by atoms with Crippen LogP contribution in [0.3, 0.4) is 0 Å². The van der Waals surface area contributed by atoms with Gasteiger partial charge in [0.2, 0.25) is 0 Å². The van der Waals surface area contributed by atoms with Gasteiger partial charge in [-0.15, -0.1) is 11.3 Å². The van der Waals surface area contributed by atoms with Crippen molar-refractivity contribution in [3.05, 3.63) is 41.0 Å². The number of fused-ring (bicyclic) bond motifs is 1. The molecule has 0 aliphatic heterocycles. The van der Waals surface area contributed by atoms with Crippen molar-refractivity contribution in [3.63, 3.8) is 0 Å². The summed E-state index contributed by atoms with van der Waals surface area (Å²) in [5.41, 5.74) is 2.24. The molecule has 0 fully saturated rings. The van der Waals surface area contributed by atoms with Crippen molar-refractivity contribution in [2.24, 2.45) is 0 Å². The van der Waals surface area contributed by atoms with Crippen LogP contribution in [0, 0.1) is 11.3 Å². The van der Waals surface area contributed by atoms with Gasteiger partial charge >= 0.3 is 5.97 Å². The number of thiazole rings is 1. The molecule has 6 heteroatoms. The molecule has 0 bridgehead atoms. The summed E-state index contributed by atoms with van der Waals surface area (Å²) in [6.07, 6.45) is 2.99. The molecule has 0 radical (unpaired) electrons. The van der Waals surface area contributed by atoms with Gasteiger partial charge < -0.3 is 10.1 Å². The minimum atomic E-state index is -0.982. The molecule has 0 spiro atoms. The van der Waals surface area contributed by atoms with E-state index >= 15 is 0 Å². The van der Waals surface area contributed by atoms with Gasteiger partial charge in [-0.25, -0.2) is 9.78 Å². The molecule has 0 unspecified atom stereocenters. The summed E-state index contributed by atoms with van der Waals surface area (Å²) in [7, 11) is 0. The Morgan fingerprint density at radius 3 is 3.00 bits per heavy atom. The first-order valence-electron chi connectivity index (χ1n) is 5.40. The zero-order valence-electron chi connectivity index (χ0n) is 9.54. The second kappa shape index (κ2) is 4.23. The Hall–Kier alpha value is -2.65. The van der Waals surface area contributed by atoms with Crippen molar-refractivity contribution < 1.29 is 9.90 Å². The van der Waals surface area contributed by atoms with Gasteiger partial charge in [0.1, 0.15) is 16.0 Å². The van der Waals surface area contributed by atoms with Crippen molar-refractivity contribution in [2.45, 2.75) is 0 Å². The van der Waals surface area contributed by atoms with Crippen LogP contribution in [0.2, 0.25) is 0 Å². The summed E-state index contributed by atoms with van der Waals surface area (Å²) in [6, 6.07) is 7.66. The third-order valence-corrected chi connectivity index (χ3v) is 3.80. The quantitative estimate of drug-likeness (QED) is 0.748. The number of carbonyl (C=O) groups is 1. The first kappa shape index (κ1) is 11.4. The standard InChI is InChI=1S/C13H7N3O2S/c14-4-8-5-15-10-2-1-7(3-9(8)10)12-16-6-11(19-12)13(17)18/h1-3,5-6,15H,(H,17,18). The van der Waals surface area contributed by atoms with E-state index in [9.17, 15) is 4.79 Å². The average Bonchev–Trinajstić information content (AvgIpc) is 3.04.